The lowest BCUT2D eigenvalue weighted by Crippen LogP contribution is -2.16. The molecule has 98 valence electrons. The van der Waals surface area contributed by atoms with Gasteiger partial charge in [0.05, 0.1) is 11.4 Å². The zero-order chi connectivity index (χ0) is 13.2. The van der Waals surface area contributed by atoms with Crippen molar-refractivity contribution in [2.24, 2.45) is 0 Å². The molecule has 3 rings (SSSR count). The van der Waals surface area contributed by atoms with Crippen LogP contribution < -0.4 is 5.56 Å². The summed E-state index contributed by atoms with van der Waals surface area (Å²) < 4.78 is 13.0. The highest BCUT2D eigenvalue weighted by atomic mass is 32.2. The molecule has 1 N–H and O–H groups in total. The van der Waals surface area contributed by atoms with Crippen molar-refractivity contribution in [2.45, 2.75) is 22.2 Å². The predicted octanol–water partition coefficient (Wildman–Crippen LogP) is 2.95. The van der Waals surface area contributed by atoms with Crippen LogP contribution in [0.15, 0.2) is 34.0 Å². The lowest BCUT2D eigenvalue weighted by molar-refractivity contribution is 0.624. The minimum Gasteiger partial charge on any atom is -0.310 e. The van der Waals surface area contributed by atoms with E-state index in [2.05, 4.69) is 9.97 Å². The van der Waals surface area contributed by atoms with Gasteiger partial charge in [0, 0.05) is 22.0 Å². The van der Waals surface area contributed by atoms with Crippen molar-refractivity contribution in [2.75, 3.05) is 0 Å². The largest absolute Gasteiger partial charge is 0.310 e. The van der Waals surface area contributed by atoms with Crippen LogP contribution in [0.2, 0.25) is 0 Å². The summed E-state index contributed by atoms with van der Waals surface area (Å²) in [5.41, 5.74) is 1.65. The molecule has 0 saturated heterocycles. The Kier molecular flexibility index (Phi) is 3.61. The molecule has 0 aliphatic carbocycles. The van der Waals surface area contributed by atoms with E-state index < -0.39 is 0 Å². The van der Waals surface area contributed by atoms with Crippen LogP contribution in [0, 0.1) is 5.82 Å². The van der Waals surface area contributed by atoms with Crippen molar-refractivity contribution in [1.82, 2.24) is 9.97 Å². The summed E-state index contributed by atoms with van der Waals surface area (Å²) in [7, 11) is 0. The first-order valence-electron chi connectivity index (χ1n) is 5.79. The normalized spacial score (nSPS) is 13.5. The van der Waals surface area contributed by atoms with E-state index in [-0.39, 0.29) is 11.4 Å². The summed E-state index contributed by atoms with van der Waals surface area (Å²) >= 11 is 3.17. The zero-order valence-corrected chi connectivity index (χ0v) is 11.6. The third kappa shape index (κ3) is 2.84. The van der Waals surface area contributed by atoms with Crippen molar-refractivity contribution in [3.63, 3.8) is 0 Å². The monoisotopic (exact) mass is 294 g/mol. The first kappa shape index (κ1) is 12.7. The topological polar surface area (TPSA) is 45.8 Å². The Bertz CT molecular complexity index is 672. The van der Waals surface area contributed by atoms with Gasteiger partial charge in [-0.25, -0.2) is 9.37 Å². The summed E-state index contributed by atoms with van der Waals surface area (Å²) in [4.78, 5) is 19.9. The van der Waals surface area contributed by atoms with E-state index >= 15 is 0 Å². The van der Waals surface area contributed by atoms with E-state index in [0.717, 1.165) is 27.7 Å². The van der Waals surface area contributed by atoms with Gasteiger partial charge in [0.15, 0.2) is 0 Å². The fourth-order valence-electron chi connectivity index (χ4n) is 1.89. The summed E-state index contributed by atoms with van der Waals surface area (Å²) in [5.74, 6) is 2.49. The van der Waals surface area contributed by atoms with Gasteiger partial charge in [-0.1, -0.05) is 6.07 Å². The zero-order valence-electron chi connectivity index (χ0n) is 9.98. The molecule has 0 bridgehead atoms. The first-order chi connectivity index (χ1) is 9.22. The van der Waals surface area contributed by atoms with Crippen LogP contribution in [0.4, 0.5) is 4.39 Å². The van der Waals surface area contributed by atoms with Crippen molar-refractivity contribution in [3.8, 4) is 0 Å². The number of aromatic amines is 1. The SMILES string of the molecule is O=c1[nH]c(CSc2cccc(F)c2)nc2c1CSC2. The Morgan fingerprint density at radius 3 is 3.16 bits per heavy atom. The smallest absolute Gasteiger partial charge is 0.255 e. The first-order valence-corrected chi connectivity index (χ1v) is 7.93. The molecule has 2 heterocycles. The highest BCUT2D eigenvalue weighted by Crippen LogP contribution is 2.26. The molecule has 0 saturated carbocycles. The molecular formula is C13H11FN2OS2. The molecule has 19 heavy (non-hydrogen) atoms. The molecule has 3 nitrogen and oxygen atoms in total. The Morgan fingerprint density at radius 1 is 1.42 bits per heavy atom. The van der Waals surface area contributed by atoms with E-state index in [1.165, 1.54) is 23.9 Å². The third-order valence-corrected chi connectivity index (χ3v) is 4.78. The maximum atomic E-state index is 13.0. The van der Waals surface area contributed by atoms with Crippen LogP contribution in [0.3, 0.4) is 0 Å². The quantitative estimate of drug-likeness (QED) is 0.884. The average molecular weight is 294 g/mol. The number of thioether (sulfide) groups is 2. The van der Waals surface area contributed by atoms with Crippen LogP contribution in [0.1, 0.15) is 17.1 Å². The van der Waals surface area contributed by atoms with Crippen molar-refractivity contribution in [1.29, 1.82) is 0 Å². The van der Waals surface area contributed by atoms with Crippen LogP contribution in [0.25, 0.3) is 0 Å². The maximum absolute atomic E-state index is 13.0. The van der Waals surface area contributed by atoms with E-state index in [1.807, 2.05) is 6.07 Å². The molecule has 0 fully saturated rings. The van der Waals surface area contributed by atoms with Gasteiger partial charge in [-0.15, -0.1) is 11.8 Å². The number of fused-ring (bicyclic) bond motifs is 1. The van der Waals surface area contributed by atoms with Crippen molar-refractivity contribution < 1.29 is 4.39 Å². The van der Waals surface area contributed by atoms with Crippen LogP contribution in [0.5, 0.6) is 0 Å². The van der Waals surface area contributed by atoms with Gasteiger partial charge in [-0.3, -0.25) is 4.79 Å². The summed E-state index contributed by atoms with van der Waals surface area (Å²) in [5, 5.41) is 0. The van der Waals surface area contributed by atoms with Gasteiger partial charge in [0.2, 0.25) is 0 Å². The lowest BCUT2D eigenvalue weighted by atomic mass is 10.3. The molecule has 2 aromatic rings. The molecule has 1 aromatic heterocycles. The highest BCUT2D eigenvalue weighted by Gasteiger charge is 2.17. The van der Waals surface area contributed by atoms with Crippen LogP contribution in [-0.2, 0) is 17.3 Å². The minimum absolute atomic E-state index is 0.0372. The molecule has 0 atom stereocenters. The number of benzene rings is 1. The predicted molar refractivity (Wildman–Crippen MR) is 75.8 cm³/mol. The number of nitrogens with one attached hydrogen (secondary N) is 1. The Morgan fingerprint density at radius 2 is 2.32 bits per heavy atom. The molecule has 0 spiro atoms. The number of aromatic nitrogens is 2. The summed E-state index contributed by atoms with van der Waals surface area (Å²) in [6, 6.07) is 6.41. The molecular weight excluding hydrogens is 283 g/mol. The average Bonchev–Trinajstić information content (AvgIpc) is 2.85. The fraction of sp³-hybridized carbons (Fsp3) is 0.231. The van der Waals surface area contributed by atoms with Gasteiger partial charge in [0.1, 0.15) is 11.6 Å². The fourth-order valence-corrected chi connectivity index (χ4v) is 3.74. The van der Waals surface area contributed by atoms with Gasteiger partial charge in [0.25, 0.3) is 5.56 Å². The second kappa shape index (κ2) is 5.38. The molecule has 1 aromatic carbocycles. The number of hydrogen-bond acceptors (Lipinski definition) is 4. The summed E-state index contributed by atoms with van der Waals surface area (Å²) in [6.07, 6.45) is 0. The molecule has 1 aliphatic rings. The van der Waals surface area contributed by atoms with Crippen LogP contribution in [-0.4, -0.2) is 9.97 Å². The number of H-pyrrole nitrogens is 1. The molecule has 6 heteroatoms. The number of halogens is 1. The molecule has 0 unspecified atom stereocenters. The van der Waals surface area contributed by atoms with E-state index in [4.69, 9.17) is 0 Å². The van der Waals surface area contributed by atoms with Gasteiger partial charge >= 0.3 is 0 Å². The van der Waals surface area contributed by atoms with E-state index in [0.29, 0.717) is 11.6 Å². The lowest BCUT2D eigenvalue weighted by Gasteiger charge is -2.04. The number of rotatable bonds is 3. The van der Waals surface area contributed by atoms with E-state index in [9.17, 15) is 9.18 Å². The Hall–Kier alpha value is -1.27. The second-order valence-electron chi connectivity index (χ2n) is 4.18. The van der Waals surface area contributed by atoms with Gasteiger partial charge < -0.3 is 4.98 Å². The van der Waals surface area contributed by atoms with Crippen molar-refractivity contribution >= 4 is 23.5 Å². The van der Waals surface area contributed by atoms with E-state index in [1.54, 1.807) is 17.8 Å². The maximum Gasteiger partial charge on any atom is 0.255 e. The molecule has 0 radical (unpaired) electrons. The van der Waals surface area contributed by atoms with Gasteiger partial charge in [-0.05, 0) is 18.2 Å². The van der Waals surface area contributed by atoms with Gasteiger partial charge in [-0.2, -0.15) is 11.8 Å². The third-order valence-electron chi connectivity index (χ3n) is 2.81. The standard InChI is InChI=1S/C13H11FN2OS2/c14-8-2-1-3-9(4-8)19-7-12-15-11-6-18-5-10(11)13(17)16-12/h1-4H,5-7H2,(H,15,16,17). The minimum atomic E-state index is -0.253. The molecule has 0 amide bonds. The van der Waals surface area contributed by atoms with Crippen molar-refractivity contribution in [3.05, 3.63) is 57.5 Å². The number of nitrogens with zero attached hydrogens (tertiary/aromatic N) is 1. The second-order valence-corrected chi connectivity index (χ2v) is 6.21. The molecule has 1 aliphatic heterocycles. The number of hydrogen-bond donors (Lipinski definition) is 1. The highest BCUT2D eigenvalue weighted by molar-refractivity contribution is 7.98. The Balaban J connectivity index is 1.77. The summed E-state index contributed by atoms with van der Waals surface area (Å²) in [6.45, 7) is 0. The Labute approximate surface area is 118 Å². The van der Waals surface area contributed by atoms with Crippen LogP contribution >= 0.6 is 23.5 Å².